The molecular formula is C24H16Cl4F2N2O2. The monoisotopic (exact) mass is 542 g/mol. The Hall–Kier alpha value is -2.38. The standard InChI is InChI=1S/C24H16Cl4F2N2O2/c1-32(15-6-3-13(29)4-7-15)23(34)16-11-14(5-9-19(16)30)31-22(33)21-20(24(21,27)28)12-2-8-17(25)18(26)10-12/h2-11,20-21H,1H3,(H,31,33)/t20-,21+/m0/s1. The van der Waals surface area contributed by atoms with Crippen molar-refractivity contribution in [2.75, 3.05) is 17.3 Å². The van der Waals surface area contributed by atoms with Crippen LogP contribution in [0, 0.1) is 17.6 Å². The van der Waals surface area contributed by atoms with Crippen LogP contribution in [0.3, 0.4) is 0 Å². The van der Waals surface area contributed by atoms with E-state index in [2.05, 4.69) is 5.32 Å². The molecule has 34 heavy (non-hydrogen) atoms. The van der Waals surface area contributed by atoms with E-state index in [0.29, 0.717) is 21.3 Å². The predicted molar refractivity (Wildman–Crippen MR) is 131 cm³/mol. The summed E-state index contributed by atoms with van der Waals surface area (Å²) in [4.78, 5) is 26.9. The summed E-state index contributed by atoms with van der Waals surface area (Å²) in [5.41, 5.74) is 0.933. The molecule has 10 heteroatoms. The third-order valence-electron chi connectivity index (χ3n) is 5.62. The molecule has 3 aromatic carbocycles. The SMILES string of the molecule is CN(C(=O)c1cc(NC(=O)[C@H]2[C@H](c3ccc(Cl)c(Cl)c3)C2(Cl)Cl)ccc1F)c1ccc(F)cc1. The second kappa shape index (κ2) is 9.34. The number of carbonyl (C=O) groups is 2. The zero-order valence-corrected chi connectivity index (χ0v) is 20.5. The van der Waals surface area contributed by atoms with Gasteiger partial charge in [0.1, 0.15) is 16.0 Å². The molecule has 0 unspecified atom stereocenters. The van der Waals surface area contributed by atoms with Crippen molar-refractivity contribution in [1.29, 1.82) is 0 Å². The number of nitrogens with one attached hydrogen (secondary N) is 1. The minimum atomic E-state index is -1.37. The zero-order valence-electron chi connectivity index (χ0n) is 17.5. The fraction of sp³-hybridized carbons (Fsp3) is 0.167. The first-order valence-electron chi connectivity index (χ1n) is 9.97. The molecule has 4 nitrogen and oxygen atoms in total. The van der Waals surface area contributed by atoms with Crippen LogP contribution in [-0.4, -0.2) is 23.2 Å². The van der Waals surface area contributed by atoms with Crippen molar-refractivity contribution in [1.82, 2.24) is 0 Å². The van der Waals surface area contributed by atoms with E-state index in [1.165, 1.54) is 48.3 Å². The van der Waals surface area contributed by atoms with Crippen molar-refractivity contribution >= 4 is 69.6 Å². The molecule has 1 aliphatic rings. The molecule has 1 fully saturated rings. The largest absolute Gasteiger partial charge is 0.326 e. The Labute approximate surface area is 214 Å². The summed E-state index contributed by atoms with van der Waals surface area (Å²) in [6.07, 6.45) is 0. The van der Waals surface area contributed by atoms with Gasteiger partial charge in [0.25, 0.3) is 5.91 Å². The molecule has 3 aromatic rings. The molecule has 0 aliphatic heterocycles. The van der Waals surface area contributed by atoms with Gasteiger partial charge in [-0.2, -0.15) is 0 Å². The topological polar surface area (TPSA) is 49.4 Å². The summed E-state index contributed by atoms with van der Waals surface area (Å²) in [7, 11) is 1.43. The van der Waals surface area contributed by atoms with Crippen molar-refractivity contribution in [3.05, 3.63) is 93.5 Å². The lowest BCUT2D eigenvalue weighted by molar-refractivity contribution is -0.117. The van der Waals surface area contributed by atoms with Gasteiger partial charge >= 0.3 is 0 Å². The van der Waals surface area contributed by atoms with E-state index in [0.717, 1.165) is 6.07 Å². The highest BCUT2D eigenvalue weighted by molar-refractivity contribution is 6.53. The second-order valence-electron chi connectivity index (χ2n) is 7.83. The van der Waals surface area contributed by atoms with Crippen LogP contribution in [0.15, 0.2) is 60.7 Å². The third-order valence-corrected chi connectivity index (χ3v) is 7.30. The van der Waals surface area contributed by atoms with Crippen molar-refractivity contribution in [2.24, 2.45) is 5.92 Å². The number of alkyl halides is 2. The Bertz CT molecular complexity index is 1280. The summed E-state index contributed by atoms with van der Waals surface area (Å²) < 4.78 is 26.3. The van der Waals surface area contributed by atoms with Crippen molar-refractivity contribution < 1.29 is 18.4 Å². The normalized spacial score (nSPS) is 18.3. The molecule has 0 aromatic heterocycles. The summed E-state index contributed by atoms with van der Waals surface area (Å²) in [6, 6.07) is 13.7. The number of hydrogen-bond donors (Lipinski definition) is 1. The molecule has 0 saturated heterocycles. The number of carbonyl (C=O) groups excluding carboxylic acids is 2. The van der Waals surface area contributed by atoms with Gasteiger partial charge in [-0.05, 0) is 60.2 Å². The minimum Gasteiger partial charge on any atom is -0.326 e. The predicted octanol–water partition coefficient (Wildman–Crippen LogP) is 7.07. The number of anilines is 2. The van der Waals surface area contributed by atoms with Crippen LogP contribution in [0.5, 0.6) is 0 Å². The van der Waals surface area contributed by atoms with Crippen molar-refractivity contribution in [3.8, 4) is 0 Å². The van der Waals surface area contributed by atoms with Crippen LogP contribution >= 0.6 is 46.4 Å². The number of rotatable bonds is 5. The number of nitrogens with zero attached hydrogens (tertiary/aromatic N) is 1. The van der Waals surface area contributed by atoms with Crippen molar-refractivity contribution in [3.63, 3.8) is 0 Å². The molecule has 0 heterocycles. The number of hydrogen-bond acceptors (Lipinski definition) is 2. The highest BCUT2D eigenvalue weighted by Gasteiger charge is 2.67. The molecule has 176 valence electrons. The molecule has 2 atom stereocenters. The lowest BCUT2D eigenvalue weighted by Crippen LogP contribution is -2.27. The summed E-state index contributed by atoms with van der Waals surface area (Å²) in [5, 5.41) is 3.30. The highest BCUT2D eigenvalue weighted by atomic mass is 35.5. The van der Waals surface area contributed by atoms with E-state index < -0.39 is 39.6 Å². The van der Waals surface area contributed by atoms with Crippen LogP contribution in [0.25, 0.3) is 0 Å². The second-order valence-corrected chi connectivity index (χ2v) is 10.1. The molecule has 2 amide bonds. The molecule has 0 radical (unpaired) electrons. The average Bonchev–Trinajstić information content (AvgIpc) is 3.38. The Kier molecular flexibility index (Phi) is 6.80. The van der Waals surface area contributed by atoms with E-state index in [-0.39, 0.29) is 11.3 Å². The average molecular weight is 544 g/mol. The summed E-state index contributed by atoms with van der Waals surface area (Å²) in [6.45, 7) is 0. The zero-order chi connectivity index (χ0) is 24.8. The molecule has 1 saturated carbocycles. The lowest BCUT2D eigenvalue weighted by atomic mass is 10.1. The lowest BCUT2D eigenvalue weighted by Gasteiger charge is -2.18. The van der Waals surface area contributed by atoms with Gasteiger partial charge in [-0.1, -0.05) is 29.3 Å². The van der Waals surface area contributed by atoms with Gasteiger partial charge in [-0.3, -0.25) is 9.59 Å². The smallest absolute Gasteiger partial charge is 0.261 e. The number of amides is 2. The first-order chi connectivity index (χ1) is 16.0. The van der Waals surface area contributed by atoms with E-state index in [1.807, 2.05) is 0 Å². The summed E-state index contributed by atoms with van der Waals surface area (Å²) in [5.74, 6) is -3.76. The van der Waals surface area contributed by atoms with Crippen LogP contribution in [0.2, 0.25) is 10.0 Å². The van der Waals surface area contributed by atoms with Gasteiger partial charge in [-0.25, -0.2) is 8.78 Å². The Balaban J connectivity index is 1.53. The van der Waals surface area contributed by atoms with Gasteiger partial charge in [0.15, 0.2) is 0 Å². The molecule has 1 N–H and O–H groups in total. The fourth-order valence-corrected chi connectivity index (χ4v) is 4.86. The van der Waals surface area contributed by atoms with Gasteiger partial charge in [0, 0.05) is 24.3 Å². The highest BCUT2D eigenvalue weighted by Crippen LogP contribution is 2.65. The Morgan fingerprint density at radius 1 is 0.941 bits per heavy atom. The molecule has 4 rings (SSSR count). The first-order valence-corrected chi connectivity index (χ1v) is 11.5. The van der Waals surface area contributed by atoms with E-state index >= 15 is 0 Å². The van der Waals surface area contributed by atoms with Gasteiger partial charge in [0.05, 0.1) is 21.5 Å². The Morgan fingerprint density at radius 3 is 2.26 bits per heavy atom. The fourth-order valence-electron chi connectivity index (χ4n) is 3.72. The van der Waals surface area contributed by atoms with E-state index in [9.17, 15) is 18.4 Å². The molecule has 0 spiro atoms. The number of benzene rings is 3. The molecular weight excluding hydrogens is 528 g/mol. The van der Waals surface area contributed by atoms with Gasteiger partial charge in [-0.15, -0.1) is 23.2 Å². The minimum absolute atomic E-state index is 0.186. The third kappa shape index (κ3) is 4.73. The maximum atomic E-state index is 14.5. The van der Waals surface area contributed by atoms with Crippen LogP contribution in [0.1, 0.15) is 21.8 Å². The van der Waals surface area contributed by atoms with Crippen LogP contribution < -0.4 is 10.2 Å². The summed E-state index contributed by atoms with van der Waals surface area (Å²) >= 11 is 24.8. The van der Waals surface area contributed by atoms with Gasteiger partial charge < -0.3 is 10.2 Å². The number of halogens is 6. The maximum absolute atomic E-state index is 14.5. The quantitative estimate of drug-likeness (QED) is 0.350. The molecule has 0 bridgehead atoms. The van der Waals surface area contributed by atoms with E-state index in [4.69, 9.17) is 46.4 Å². The van der Waals surface area contributed by atoms with Crippen molar-refractivity contribution in [2.45, 2.75) is 10.3 Å². The van der Waals surface area contributed by atoms with Crippen LogP contribution in [-0.2, 0) is 4.79 Å². The maximum Gasteiger partial charge on any atom is 0.261 e. The van der Waals surface area contributed by atoms with E-state index in [1.54, 1.807) is 18.2 Å². The molecule has 1 aliphatic carbocycles. The van der Waals surface area contributed by atoms with Crippen LogP contribution in [0.4, 0.5) is 20.2 Å². The Morgan fingerprint density at radius 2 is 1.62 bits per heavy atom. The first kappa shape index (κ1) is 24.7. The van der Waals surface area contributed by atoms with Gasteiger partial charge in [0.2, 0.25) is 5.91 Å².